The Morgan fingerprint density at radius 3 is 2.64 bits per heavy atom. The van der Waals surface area contributed by atoms with E-state index >= 15 is 0 Å². The second-order valence-corrected chi connectivity index (χ2v) is 6.91. The molecule has 28 heavy (non-hydrogen) atoms. The highest BCUT2D eigenvalue weighted by Gasteiger charge is 2.15. The van der Waals surface area contributed by atoms with Crippen LogP contribution in [0, 0.1) is 0 Å². The van der Waals surface area contributed by atoms with Gasteiger partial charge in [0.1, 0.15) is 35.1 Å². The molecule has 0 aliphatic carbocycles. The van der Waals surface area contributed by atoms with Crippen LogP contribution >= 0.6 is 11.3 Å². The number of aromatic amines is 1. The standard InChI is InChI=1S/C21H16N2O4S/c24-20-19-16(10-11-28-19)22-18(23-20)13-27-21(25)15-8-4-5-9-17(15)26-12-14-6-2-1-3-7-14/h1-11H,12-13H2,(H,22,23,24). The molecular formula is C21H16N2O4S. The van der Waals surface area contributed by atoms with Crippen molar-refractivity contribution in [2.24, 2.45) is 0 Å². The third-order valence-electron chi connectivity index (χ3n) is 4.05. The van der Waals surface area contributed by atoms with Crippen LogP contribution in [-0.4, -0.2) is 15.9 Å². The van der Waals surface area contributed by atoms with Gasteiger partial charge in [0.2, 0.25) is 0 Å². The number of carbonyl (C=O) groups excluding carboxylic acids is 1. The number of hydrogen-bond acceptors (Lipinski definition) is 6. The third-order valence-corrected chi connectivity index (χ3v) is 4.95. The molecule has 1 N–H and O–H groups in total. The van der Waals surface area contributed by atoms with Crippen LogP contribution in [0.2, 0.25) is 0 Å². The molecule has 4 rings (SSSR count). The molecule has 2 aromatic carbocycles. The largest absolute Gasteiger partial charge is 0.488 e. The molecule has 0 fully saturated rings. The summed E-state index contributed by atoms with van der Waals surface area (Å²) in [7, 11) is 0. The first kappa shape index (κ1) is 17.9. The predicted molar refractivity (Wildman–Crippen MR) is 107 cm³/mol. The van der Waals surface area contributed by atoms with E-state index in [1.807, 2.05) is 30.3 Å². The Bertz CT molecular complexity index is 1170. The van der Waals surface area contributed by atoms with Crippen LogP contribution in [0.25, 0.3) is 10.2 Å². The van der Waals surface area contributed by atoms with Gasteiger partial charge in [-0.2, -0.15) is 0 Å². The highest BCUT2D eigenvalue weighted by molar-refractivity contribution is 7.17. The minimum atomic E-state index is -0.545. The fourth-order valence-electron chi connectivity index (χ4n) is 2.70. The number of esters is 1. The molecule has 0 unspecified atom stereocenters. The van der Waals surface area contributed by atoms with Crippen molar-refractivity contribution in [2.45, 2.75) is 13.2 Å². The van der Waals surface area contributed by atoms with Crippen LogP contribution < -0.4 is 10.3 Å². The molecule has 0 radical (unpaired) electrons. The Balaban J connectivity index is 1.46. The van der Waals surface area contributed by atoms with E-state index in [1.54, 1.807) is 35.7 Å². The Morgan fingerprint density at radius 2 is 1.79 bits per heavy atom. The first-order valence-electron chi connectivity index (χ1n) is 8.60. The van der Waals surface area contributed by atoms with Gasteiger partial charge in [-0.15, -0.1) is 11.3 Å². The molecule has 0 spiro atoms. The van der Waals surface area contributed by atoms with Gasteiger partial charge in [0, 0.05) is 0 Å². The number of carbonyl (C=O) groups is 1. The van der Waals surface area contributed by atoms with Gasteiger partial charge in [-0.1, -0.05) is 42.5 Å². The minimum Gasteiger partial charge on any atom is -0.488 e. The van der Waals surface area contributed by atoms with Gasteiger partial charge < -0.3 is 14.5 Å². The normalized spacial score (nSPS) is 10.7. The molecule has 0 saturated heterocycles. The van der Waals surface area contributed by atoms with Crippen molar-refractivity contribution in [3.8, 4) is 5.75 Å². The third kappa shape index (κ3) is 3.94. The first-order valence-corrected chi connectivity index (χ1v) is 9.48. The Morgan fingerprint density at radius 1 is 1.00 bits per heavy atom. The minimum absolute atomic E-state index is 0.132. The molecule has 0 bridgehead atoms. The number of rotatable bonds is 6. The summed E-state index contributed by atoms with van der Waals surface area (Å²) in [6, 6.07) is 18.3. The van der Waals surface area contributed by atoms with Gasteiger partial charge >= 0.3 is 5.97 Å². The van der Waals surface area contributed by atoms with E-state index < -0.39 is 5.97 Å². The van der Waals surface area contributed by atoms with Crippen LogP contribution in [0.3, 0.4) is 0 Å². The van der Waals surface area contributed by atoms with E-state index in [-0.39, 0.29) is 12.2 Å². The molecular weight excluding hydrogens is 376 g/mol. The van der Waals surface area contributed by atoms with Crippen LogP contribution in [0.1, 0.15) is 21.7 Å². The smallest absolute Gasteiger partial charge is 0.342 e. The summed E-state index contributed by atoms with van der Waals surface area (Å²) >= 11 is 1.32. The van der Waals surface area contributed by atoms with Crippen LogP contribution in [-0.2, 0) is 18.0 Å². The summed E-state index contributed by atoms with van der Waals surface area (Å²) in [5, 5.41) is 1.79. The predicted octanol–water partition coefficient (Wildman–Crippen LogP) is 3.92. The highest BCUT2D eigenvalue weighted by atomic mass is 32.1. The quantitative estimate of drug-likeness (QED) is 0.503. The van der Waals surface area contributed by atoms with E-state index in [9.17, 15) is 9.59 Å². The summed E-state index contributed by atoms with van der Waals surface area (Å²) in [6.07, 6.45) is 0. The average molecular weight is 392 g/mol. The maximum absolute atomic E-state index is 12.5. The van der Waals surface area contributed by atoms with Gasteiger partial charge in [-0.25, -0.2) is 9.78 Å². The number of para-hydroxylation sites is 1. The molecule has 0 aliphatic rings. The maximum atomic E-state index is 12.5. The van der Waals surface area contributed by atoms with E-state index in [2.05, 4.69) is 9.97 Å². The summed E-state index contributed by atoms with van der Waals surface area (Å²) in [6.45, 7) is 0.210. The van der Waals surface area contributed by atoms with Crippen molar-refractivity contribution in [2.75, 3.05) is 0 Å². The van der Waals surface area contributed by atoms with Crippen LogP contribution in [0.5, 0.6) is 5.75 Å². The van der Waals surface area contributed by atoms with E-state index in [0.717, 1.165) is 5.56 Å². The van der Waals surface area contributed by atoms with Crippen molar-refractivity contribution < 1.29 is 14.3 Å². The number of aromatic nitrogens is 2. The number of nitrogens with one attached hydrogen (secondary N) is 1. The molecule has 0 amide bonds. The Labute approximate surface area is 164 Å². The first-order chi connectivity index (χ1) is 13.7. The second-order valence-electron chi connectivity index (χ2n) is 5.99. The number of hydrogen-bond donors (Lipinski definition) is 1. The zero-order valence-corrected chi connectivity index (χ0v) is 15.6. The lowest BCUT2D eigenvalue weighted by Crippen LogP contribution is -2.14. The zero-order chi connectivity index (χ0) is 19.3. The zero-order valence-electron chi connectivity index (χ0n) is 14.8. The van der Waals surface area contributed by atoms with E-state index in [1.165, 1.54) is 11.3 Å². The molecule has 2 aromatic heterocycles. The molecule has 0 aliphatic heterocycles. The summed E-state index contributed by atoms with van der Waals surface area (Å²) in [4.78, 5) is 31.5. The van der Waals surface area contributed by atoms with Gasteiger partial charge in [0.25, 0.3) is 5.56 Å². The maximum Gasteiger partial charge on any atom is 0.342 e. The molecule has 140 valence electrons. The Hall–Kier alpha value is -3.45. The lowest BCUT2D eigenvalue weighted by molar-refractivity contribution is 0.0457. The van der Waals surface area contributed by atoms with Crippen molar-refractivity contribution in [3.63, 3.8) is 0 Å². The van der Waals surface area contributed by atoms with Gasteiger partial charge in [-0.05, 0) is 29.1 Å². The number of H-pyrrole nitrogens is 1. The molecule has 0 saturated carbocycles. The average Bonchev–Trinajstić information content (AvgIpc) is 3.21. The second kappa shape index (κ2) is 8.06. The lowest BCUT2D eigenvalue weighted by Gasteiger charge is -2.11. The number of fused-ring (bicyclic) bond motifs is 1. The van der Waals surface area contributed by atoms with Crippen molar-refractivity contribution in [3.05, 3.63) is 93.3 Å². The summed E-state index contributed by atoms with van der Waals surface area (Å²) < 4.78 is 11.7. The lowest BCUT2D eigenvalue weighted by atomic mass is 10.2. The Kier molecular flexibility index (Phi) is 5.16. The van der Waals surface area contributed by atoms with Crippen molar-refractivity contribution >= 4 is 27.5 Å². The highest BCUT2D eigenvalue weighted by Crippen LogP contribution is 2.21. The molecule has 2 heterocycles. The van der Waals surface area contributed by atoms with Crippen molar-refractivity contribution in [1.29, 1.82) is 0 Å². The number of benzene rings is 2. The summed E-state index contributed by atoms with van der Waals surface area (Å²) in [5.41, 5.74) is 1.66. The number of nitrogens with zero attached hydrogens (tertiary/aromatic N) is 1. The van der Waals surface area contributed by atoms with E-state index in [0.29, 0.717) is 34.0 Å². The molecule has 6 nitrogen and oxygen atoms in total. The van der Waals surface area contributed by atoms with Crippen LogP contribution in [0.4, 0.5) is 0 Å². The van der Waals surface area contributed by atoms with E-state index in [4.69, 9.17) is 9.47 Å². The van der Waals surface area contributed by atoms with Crippen LogP contribution in [0.15, 0.2) is 70.8 Å². The fourth-order valence-corrected chi connectivity index (χ4v) is 3.42. The number of thiophene rings is 1. The van der Waals surface area contributed by atoms with Crippen molar-refractivity contribution in [1.82, 2.24) is 9.97 Å². The summed E-state index contributed by atoms with van der Waals surface area (Å²) in [5.74, 6) is 0.190. The van der Waals surface area contributed by atoms with Gasteiger partial charge in [-0.3, -0.25) is 4.79 Å². The number of ether oxygens (including phenoxy) is 2. The monoisotopic (exact) mass is 392 g/mol. The SMILES string of the molecule is O=C(OCc1nc2ccsc2c(=O)[nH]1)c1ccccc1OCc1ccccc1. The molecule has 4 aromatic rings. The van der Waals surface area contributed by atoms with Gasteiger partial charge in [0.05, 0.1) is 5.52 Å². The topological polar surface area (TPSA) is 81.3 Å². The van der Waals surface area contributed by atoms with Gasteiger partial charge in [0.15, 0.2) is 0 Å². The molecule has 0 atom stereocenters. The fraction of sp³-hybridized carbons (Fsp3) is 0.0952. The molecule has 7 heteroatoms.